The summed E-state index contributed by atoms with van der Waals surface area (Å²) in [4.78, 5) is 2.32. The average molecular weight is 290 g/mol. The van der Waals surface area contributed by atoms with E-state index in [0.717, 1.165) is 24.7 Å². The minimum absolute atomic E-state index is 0.134. The molecule has 3 rings (SSSR count). The highest BCUT2D eigenvalue weighted by atomic mass is 19.1. The predicted molar refractivity (Wildman–Crippen MR) is 86.2 cm³/mol. The molecule has 0 amide bonds. The number of nitrogens with one attached hydrogen (secondary N) is 1. The van der Waals surface area contributed by atoms with Gasteiger partial charge in [0.2, 0.25) is 0 Å². The molecule has 1 aromatic rings. The van der Waals surface area contributed by atoms with Crippen LogP contribution in [-0.2, 0) is 0 Å². The van der Waals surface area contributed by atoms with Crippen molar-refractivity contribution < 1.29 is 4.39 Å². The van der Waals surface area contributed by atoms with Crippen molar-refractivity contribution in [2.75, 3.05) is 24.5 Å². The normalized spacial score (nSPS) is 24.2. The van der Waals surface area contributed by atoms with E-state index >= 15 is 0 Å². The van der Waals surface area contributed by atoms with Crippen LogP contribution in [0, 0.1) is 11.7 Å². The Morgan fingerprint density at radius 2 is 1.95 bits per heavy atom. The molecule has 0 bridgehead atoms. The maximum absolute atomic E-state index is 13.4. The fourth-order valence-electron chi connectivity index (χ4n) is 3.78. The van der Waals surface area contributed by atoms with Gasteiger partial charge in [-0.3, -0.25) is 0 Å². The van der Waals surface area contributed by atoms with Crippen LogP contribution in [0.5, 0.6) is 0 Å². The molecular formula is C18H27FN2. The Kier molecular flexibility index (Phi) is 5.13. The lowest BCUT2D eigenvalue weighted by atomic mass is 9.89. The summed E-state index contributed by atoms with van der Waals surface area (Å²) in [5.41, 5.74) is 1.03. The van der Waals surface area contributed by atoms with Crippen LogP contribution < -0.4 is 10.2 Å². The molecule has 1 aliphatic carbocycles. The number of anilines is 1. The van der Waals surface area contributed by atoms with E-state index in [-0.39, 0.29) is 5.82 Å². The summed E-state index contributed by atoms with van der Waals surface area (Å²) >= 11 is 0. The van der Waals surface area contributed by atoms with Gasteiger partial charge in [-0.1, -0.05) is 25.3 Å². The van der Waals surface area contributed by atoms with E-state index in [2.05, 4.69) is 10.2 Å². The van der Waals surface area contributed by atoms with Crippen LogP contribution in [0.2, 0.25) is 0 Å². The molecule has 2 aliphatic rings. The van der Waals surface area contributed by atoms with Crippen LogP contribution in [0.4, 0.5) is 10.1 Å². The van der Waals surface area contributed by atoms with E-state index in [1.54, 1.807) is 6.07 Å². The topological polar surface area (TPSA) is 15.3 Å². The zero-order valence-electron chi connectivity index (χ0n) is 12.9. The smallest absolute Gasteiger partial charge is 0.125 e. The summed E-state index contributed by atoms with van der Waals surface area (Å²) in [5.74, 6) is 0.744. The highest BCUT2D eigenvalue weighted by molar-refractivity contribution is 5.47. The summed E-state index contributed by atoms with van der Waals surface area (Å²) in [5, 5.41) is 3.77. The standard InChI is InChI=1S/C18H27FN2/c19-16-8-4-10-18(12-16)21-11-5-9-17(14-21)20-13-15-6-2-1-3-7-15/h4,8,10,12,15,17,20H,1-3,5-7,9,11,13-14H2. The first-order valence-corrected chi connectivity index (χ1v) is 8.55. The Morgan fingerprint density at radius 3 is 2.76 bits per heavy atom. The first kappa shape index (κ1) is 14.8. The van der Waals surface area contributed by atoms with Gasteiger partial charge in [-0.2, -0.15) is 0 Å². The summed E-state index contributed by atoms with van der Waals surface area (Å²) in [6.45, 7) is 3.23. The van der Waals surface area contributed by atoms with Gasteiger partial charge in [-0.25, -0.2) is 4.39 Å². The van der Waals surface area contributed by atoms with E-state index in [1.165, 1.54) is 57.6 Å². The summed E-state index contributed by atoms with van der Waals surface area (Å²) in [6, 6.07) is 7.57. The summed E-state index contributed by atoms with van der Waals surface area (Å²) in [7, 11) is 0. The lowest BCUT2D eigenvalue weighted by molar-refractivity contribution is 0.314. The van der Waals surface area contributed by atoms with Crippen LogP contribution in [0.25, 0.3) is 0 Å². The Bertz CT molecular complexity index is 443. The second-order valence-electron chi connectivity index (χ2n) is 6.68. The van der Waals surface area contributed by atoms with E-state index in [9.17, 15) is 4.39 Å². The number of benzene rings is 1. The van der Waals surface area contributed by atoms with Gasteiger partial charge in [0, 0.05) is 24.8 Å². The predicted octanol–water partition coefficient (Wildman–Crippen LogP) is 3.96. The molecule has 1 aliphatic heterocycles. The number of rotatable bonds is 4. The van der Waals surface area contributed by atoms with Crippen LogP contribution in [-0.4, -0.2) is 25.7 Å². The molecule has 1 unspecified atom stereocenters. The van der Waals surface area contributed by atoms with Gasteiger partial charge in [-0.15, -0.1) is 0 Å². The van der Waals surface area contributed by atoms with Crippen molar-refractivity contribution in [2.24, 2.45) is 5.92 Å². The Balaban J connectivity index is 1.51. The molecule has 1 aromatic carbocycles. The lowest BCUT2D eigenvalue weighted by Gasteiger charge is -2.36. The first-order chi connectivity index (χ1) is 10.3. The summed E-state index contributed by atoms with van der Waals surface area (Å²) < 4.78 is 13.4. The molecule has 0 spiro atoms. The fourth-order valence-corrected chi connectivity index (χ4v) is 3.78. The quantitative estimate of drug-likeness (QED) is 0.903. The van der Waals surface area contributed by atoms with Crippen LogP contribution in [0.1, 0.15) is 44.9 Å². The van der Waals surface area contributed by atoms with E-state index in [4.69, 9.17) is 0 Å². The number of nitrogens with zero attached hydrogens (tertiary/aromatic N) is 1. The van der Waals surface area contributed by atoms with Gasteiger partial charge in [0.1, 0.15) is 5.82 Å². The molecule has 1 N–H and O–H groups in total. The van der Waals surface area contributed by atoms with Gasteiger partial charge in [0.05, 0.1) is 0 Å². The number of hydrogen-bond acceptors (Lipinski definition) is 2. The minimum Gasteiger partial charge on any atom is -0.370 e. The van der Waals surface area contributed by atoms with E-state index in [0.29, 0.717) is 6.04 Å². The largest absolute Gasteiger partial charge is 0.370 e. The monoisotopic (exact) mass is 290 g/mol. The molecule has 1 atom stereocenters. The molecule has 1 heterocycles. The third-order valence-corrected chi connectivity index (χ3v) is 5.01. The molecule has 21 heavy (non-hydrogen) atoms. The molecule has 1 saturated heterocycles. The van der Waals surface area contributed by atoms with Crippen LogP contribution in [0.15, 0.2) is 24.3 Å². The number of piperidine rings is 1. The van der Waals surface area contributed by atoms with Crippen LogP contribution >= 0.6 is 0 Å². The highest BCUT2D eigenvalue weighted by Gasteiger charge is 2.21. The van der Waals surface area contributed by atoms with Gasteiger partial charge in [0.25, 0.3) is 0 Å². The zero-order chi connectivity index (χ0) is 14.5. The minimum atomic E-state index is -0.134. The van der Waals surface area contributed by atoms with Crippen molar-refractivity contribution >= 4 is 5.69 Å². The van der Waals surface area contributed by atoms with E-state index < -0.39 is 0 Å². The number of halogens is 1. The second kappa shape index (κ2) is 7.26. The molecule has 0 aromatic heterocycles. The highest BCUT2D eigenvalue weighted by Crippen LogP contribution is 2.24. The van der Waals surface area contributed by atoms with Crippen molar-refractivity contribution in [3.63, 3.8) is 0 Å². The third kappa shape index (κ3) is 4.19. The molecule has 0 radical (unpaired) electrons. The SMILES string of the molecule is Fc1cccc(N2CCCC(NCC3CCCCC3)C2)c1. The van der Waals surface area contributed by atoms with Gasteiger partial charge >= 0.3 is 0 Å². The maximum Gasteiger partial charge on any atom is 0.125 e. The average Bonchev–Trinajstić information content (AvgIpc) is 2.54. The van der Waals surface area contributed by atoms with Gasteiger partial charge < -0.3 is 10.2 Å². The molecule has 1 saturated carbocycles. The first-order valence-electron chi connectivity index (χ1n) is 8.55. The lowest BCUT2D eigenvalue weighted by Crippen LogP contribution is -2.47. The maximum atomic E-state index is 13.4. The van der Waals surface area contributed by atoms with Gasteiger partial charge in [-0.05, 0) is 56.3 Å². The fraction of sp³-hybridized carbons (Fsp3) is 0.667. The van der Waals surface area contributed by atoms with Crippen molar-refractivity contribution in [3.8, 4) is 0 Å². The zero-order valence-corrected chi connectivity index (χ0v) is 12.9. The molecule has 2 fully saturated rings. The third-order valence-electron chi connectivity index (χ3n) is 5.01. The Morgan fingerprint density at radius 1 is 1.10 bits per heavy atom. The van der Waals surface area contributed by atoms with E-state index in [1.807, 2.05) is 12.1 Å². The molecule has 3 heteroatoms. The molecule has 2 nitrogen and oxygen atoms in total. The van der Waals surface area contributed by atoms with Crippen molar-refractivity contribution in [1.82, 2.24) is 5.32 Å². The van der Waals surface area contributed by atoms with Gasteiger partial charge in [0.15, 0.2) is 0 Å². The Labute approximate surface area is 127 Å². The Hall–Kier alpha value is -1.09. The van der Waals surface area contributed by atoms with Crippen molar-refractivity contribution in [3.05, 3.63) is 30.1 Å². The second-order valence-corrected chi connectivity index (χ2v) is 6.68. The van der Waals surface area contributed by atoms with Crippen LogP contribution in [0.3, 0.4) is 0 Å². The molecule has 116 valence electrons. The summed E-state index contributed by atoms with van der Waals surface area (Å²) in [6.07, 6.45) is 9.48. The molecular weight excluding hydrogens is 263 g/mol. The number of hydrogen-bond donors (Lipinski definition) is 1. The van der Waals surface area contributed by atoms with Crippen molar-refractivity contribution in [1.29, 1.82) is 0 Å². The van der Waals surface area contributed by atoms with Crippen molar-refractivity contribution in [2.45, 2.75) is 51.0 Å².